The largest absolute Gasteiger partial charge is 0.495 e. The van der Waals surface area contributed by atoms with Gasteiger partial charge in [0.25, 0.3) is 5.91 Å². The smallest absolute Gasteiger partial charge is 0.287 e. The van der Waals surface area contributed by atoms with E-state index in [4.69, 9.17) is 26.9 Å². The van der Waals surface area contributed by atoms with E-state index in [-0.39, 0.29) is 43.6 Å². The number of carbonyl (C=O) groups excluding carboxylic acids is 5. The molecular weight excluding hydrogens is 614 g/mol. The van der Waals surface area contributed by atoms with Gasteiger partial charge in [0, 0.05) is 24.8 Å². The Morgan fingerprint density at radius 3 is 2.35 bits per heavy atom. The number of primary amides is 1. The molecule has 0 aromatic heterocycles. The number of nitrogens with one attached hydrogen (secondary N) is 2. The number of ketones is 1. The lowest BCUT2D eigenvalue weighted by Gasteiger charge is -2.36. The van der Waals surface area contributed by atoms with E-state index in [9.17, 15) is 24.0 Å². The van der Waals surface area contributed by atoms with Crippen LogP contribution in [0.2, 0.25) is 5.02 Å². The Morgan fingerprint density at radius 1 is 1.15 bits per heavy atom. The fourth-order valence-electron chi connectivity index (χ4n) is 5.90. The van der Waals surface area contributed by atoms with E-state index in [0.29, 0.717) is 22.9 Å². The number of amides is 4. The van der Waals surface area contributed by atoms with Gasteiger partial charge in [0.05, 0.1) is 30.4 Å². The number of hydrogen-bond acceptors (Lipinski definition) is 8. The molecule has 4 atom stereocenters. The third-order valence-electron chi connectivity index (χ3n) is 8.20. The molecule has 46 heavy (non-hydrogen) atoms. The molecule has 1 aromatic rings. The fraction of sp³-hybridized carbons (Fsp3) is 0.636. The van der Waals surface area contributed by atoms with Gasteiger partial charge in [-0.1, -0.05) is 71.6 Å². The molecule has 4 amide bonds. The van der Waals surface area contributed by atoms with Crippen molar-refractivity contribution < 1.29 is 33.5 Å². The number of oxime groups is 1. The molecule has 12 nitrogen and oxygen atoms in total. The average molecular weight is 662 g/mol. The van der Waals surface area contributed by atoms with Crippen LogP contribution in [0, 0.1) is 17.8 Å². The summed E-state index contributed by atoms with van der Waals surface area (Å²) in [5, 5.41) is 10.3. The zero-order valence-corrected chi connectivity index (χ0v) is 29.1. The monoisotopic (exact) mass is 661 g/mol. The first-order valence-electron chi connectivity index (χ1n) is 15.6. The maximum atomic E-state index is 14.4. The molecule has 0 saturated carbocycles. The SMILES string of the molecule is CCC[C@H](NC(=O)[C@@H]1C[C@]2(CC(c3cc(Cl)c(OC)cc3C)=NO2)CN1C(=O)[C@@H](NC(=O)CC(C)(C)C)C(C)(C)C)C(=O)C(N)=O. The highest BCUT2D eigenvalue weighted by molar-refractivity contribution is 6.37. The molecule has 1 spiro atoms. The van der Waals surface area contributed by atoms with Gasteiger partial charge in [-0.05, 0) is 41.9 Å². The molecule has 13 heteroatoms. The summed E-state index contributed by atoms with van der Waals surface area (Å²) in [7, 11) is 1.53. The second-order valence-corrected chi connectivity index (χ2v) is 15.1. The van der Waals surface area contributed by atoms with Crippen LogP contribution in [0.1, 0.15) is 91.7 Å². The lowest BCUT2D eigenvalue weighted by Crippen LogP contribution is -2.59. The number of halogens is 1. The van der Waals surface area contributed by atoms with Crippen LogP contribution in [-0.4, -0.2) is 77.4 Å². The predicted molar refractivity (Wildman–Crippen MR) is 174 cm³/mol. The van der Waals surface area contributed by atoms with Crippen molar-refractivity contribution in [1.82, 2.24) is 15.5 Å². The van der Waals surface area contributed by atoms with Gasteiger partial charge in [0.1, 0.15) is 17.8 Å². The van der Waals surface area contributed by atoms with E-state index in [0.717, 1.165) is 11.1 Å². The van der Waals surface area contributed by atoms with Gasteiger partial charge in [0.15, 0.2) is 5.60 Å². The van der Waals surface area contributed by atoms with Gasteiger partial charge in [-0.25, -0.2) is 0 Å². The Hall–Kier alpha value is -3.67. The van der Waals surface area contributed by atoms with E-state index in [1.165, 1.54) is 12.0 Å². The van der Waals surface area contributed by atoms with Gasteiger partial charge in [-0.15, -0.1) is 0 Å². The minimum atomic E-state index is -1.16. The number of benzene rings is 1. The highest BCUT2D eigenvalue weighted by Crippen LogP contribution is 2.41. The van der Waals surface area contributed by atoms with Crippen LogP contribution in [-0.2, 0) is 28.8 Å². The second kappa shape index (κ2) is 14.0. The van der Waals surface area contributed by atoms with Gasteiger partial charge in [-0.2, -0.15) is 0 Å². The number of carbonyl (C=O) groups is 5. The summed E-state index contributed by atoms with van der Waals surface area (Å²) in [6, 6.07) is 0.324. The molecule has 3 rings (SSSR count). The standard InChI is InChI=1S/C33H48ClN5O7/c1-10-11-21(26(41)28(35)42)36-29(43)23-15-33(14-22(38-46-33)19-13-20(34)24(45-9)12-18(19)2)17-39(23)30(44)27(32(6,7)8)37-25(40)16-31(3,4)5/h12-13,21,23,27H,10-11,14-17H2,1-9H3,(H2,35,42)(H,36,43)(H,37,40)/t21-,23-,27+,33+/m0/s1. The normalized spacial score (nSPS) is 20.9. The first-order chi connectivity index (χ1) is 21.2. The number of nitrogens with zero attached hydrogens (tertiary/aromatic N) is 2. The van der Waals surface area contributed by atoms with Crippen molar-refractivity contribution in [1.29, 1.82) is 0 Å². The Bertz CT molecular complexity index is 1410. The maximum Gasteiger partial charge on any atom is 0.287 e. The summed E-state index contributed by atoms with van der Waals surface area (Å²) in [5.74, 6) is -2.96. The molecule has 2 aliphatic rings. The molecule has 1 saturated heterocycles. The lowest BCUT2D eigenvalue weighted by molar-refractivity contribution is -0.145. The number of Topliss-reactive ketones (excluding diaryl/α,β-unsaturated/α-hetero) is 1. The quantitative estimate of drug-likeness (QED) is 0.305. The number of rotatable bonds is 11. The molecule has 254 valence electrons. The van der Waals surface area contributed by atoms with E-state index in [2.05, 4.69) is 15.8 Å². The van der Waals surface area contributed by atoms with Crippen LogP contribution < -0.4 is 21.1 Å². The summed E-state index contributed by atoms with van der Waals surface area (Å²) >= 11 is 6.42. The zero-order valence-electron chi connectivity index (χ0n) is 28.3. The van der Waals surface area contributed by atoms with Crippen LogP contribution in [0.25, 0.3) is 0 Å². The number of nitrogens with two attached hydrogens (primary N) is 1. The van der Waals surface area contributed by atoms with Crippen molar-refractivity contribution in [2.45, 2.75) is 111 Å². The Morgan fingerprint density at radius 2 is 1.80 bits per heavy atom. The molecule has 0 unspecified atom stereocenters. The zero-order chi connectivity index (χ0) is 34.8. The topological polar surface area (TPSA) is 169 Å². The minimum Gasteiger partial charge on any atom is -0.495 e. The number of ether oxygens (including phenoxy) is 1. The van der Waals surface area contributed by atoms with Crippen molar-refractivity contribution in [3.63, 3.8) is 0 Å². The number of aryl methyl sites for hydroxylation is 1. The fourth-order valence-corrected chi connectivity index (χ4v) is 6.14. The lowest BCUT2D eigenvalue weighted by atomic mass is 9.84. The van der Waals surface area contributed by atoms with Crippen LogP contribution >= 0.6 is 11.6 Å². The summed E-state index contributed by atoms with van der Waals surface area (Å²) in [6.45, 7) is 15.0. The molecular formula is C33H48ClN5O7. The molecule has 4 N–H and O–H groups in total. The van der Waals surface area contributed by atoms with Crippen molar-refractivity contribution in [2.75, 3.05) is 13.7 Å². The molecule has 0 bridgehead atoms. The van der Waals surface area contributed by atoms with Crippen molar-refractivity contribution >= 4 is 46.7 Å². The third-order valence-corrected chi connectivity index (χ3v) is 8.49. The Labute approximate surface area is 276 Å². The predicted octanol–water partition coefficient (Wildman–Crippen LogP) is 3.43. The van der Waals surface area contributed by atoms with Gasteiger partial charge >= 0.3 is 0 Å². The summed E-state index contributed by atoms with van der Waals surface area (Å²) in [5.41, 5.74) is 5.34. The van der Waals surface area contributed by atoms with Crippen LogP contribution in [0.5, 0.6) is 5.75 Å². The first kappa shape index (κ1) is 36.8. The summed E-state index contributed by atoms with van der Waals surface area (Å²) in [6.07, 6.45) is 1.19. The molecule has 1 fully saturated rings. The van der Waals surface area contributed by atoms with Gasteiger partial charge in [0.2, 0.25) is 23.5 Å². The summed E-state index contributed by atoms with van der Waals surface area (Å²) < 4.78 is 5.33. The van der Waals surface area contributed by atoms with Gasteiger partial charge < -0.3 is 30.8 Å². The average Bonchev–Trinajstić information content (AvgIpc) is 3.53. The Balaban J connectivity index is 1.99. The van der Waals surface area contributed by atoms with E-state index in [1.54, 1.807) is 19.1 Å². The number of methoxy groups -OCH3 is 1. The molecule has 0 aliphatic carbocycles. The molecule has 2 heterocycles. The summed E-state index contributed by atoms with van der Waals surface area (Å²) in [4.78, 5) is 73.0. The van der Waals surface area contributed by atoms with Crippen molar-refractivity contribution in [3.8, 4) is 5.75 Å². The molecule has 0 radical (unpaired) electrons. The number of hydrogen-bond donors (Lipinski definition) is 3. The van der Waals surface area contributed by atoms with Crippen LogP contribution in [0.15, 0.2) is 17.3 Å². The molecule has 1 aromatic carbocycles. The Kier molecular flexibility index (Phi) is 11.2. The highest BCUT2D eigenvalue weighted by atomic mass is 35.5. The van der Waals surface area contributed by atoms with E-state index in [1.807, 2.05) is 48.5 Å². The maximum absolute atomic E-state index is 14.4. The van der Waals surface area contributed by atoms with Crippen LogP contribution in [0.4, 0.5) is 0 Å². The number of likely N-dealkylation sites (tertiary alicyclic amines) is 1. The van der Waals surface area contributed by atoms with Crippen molar-refractivity contribution in [3.05, 3.63) is 28.3 Å². The molecule has 2 aliphatic heterocycles. The third kappa shape index (κ3) is 8.57. The second-order valence-electron chi connectivity index (χ2n) is 14.7. The first-order valence-corrected chi connectivity index (χ1v) is 15.9. The van der Waals surface area contributed by atoms with E-state index < -0.39 is 52.6 Å². The van der Waals surface area contributed by atoms with Gasteiger partial charge in [-0.3, -0.25) is 24.0 Å². The minimum absolute atomic E-state index is 0.0101. The van der Waals surface area contributed by atoms with Crippen molar-refractivity contribution in [2.24, 2.45) is 21.7 Å². The van der Waals surface area contributed by atoms with E-state index >= 15 is 0 Å². The highest BCUT2D eigenvalue weighted by Gasteiger charge is 2.55. The van der Waals surface area contributed by atoms with Crippen LogP contribution in [0.3, 0.4) is 0 Å².